The number of thiophene rings is 1. The fourth-order valence-corrected chi connectivity index (χ4v) is 3.91. The lowest BCUT2D eigenvalue weighted by Gasteiger charge is -2.32. The van der Waals surface area contributed by atoms with Crippen LogP contribution in [0.2, 0.25) is 0 Å². The number of piperidine rings is 1. The van der Waals surface area contributed by atoms with Gasteiger partial charge < -0.3 is 20.0 Å². The van der Waals surface area contributed by atoms with Crippen LogP contribution in [0.15, 0.2) is 45.3 Å². The number of nitrogens with zero attached hydrogens (tertiary/aromatic N) is 2. The highest BCUT2D eigenvalue weighted by Gasteiger charge is 2.19. The second-order valence-electron chi connectivity index (χ2n) is 6.76. The lowest BCUT2D eigenvalue weighted by atomic mass is 10.1. The Morgan fingerprint density at radius 2 is 2.19 bits per heavy atom. The molecule has 5 nitrogen and oxygen atoms in total. The van der Waals surface area contributed by atoms with Gasteiger partial charge in [0, 0.05) is 37.0 Å². The normalized spacial score (nSPS) is 16.7. The maximum atomic E-state index is 5.41. The molecule has 1 aliphatic heterocycles. The molecular weight excluding hydrogens is 344 g/mol. The van der Waals surface area contributed by atoms with Gasteiger partial charge in [-0.2, -0.15) is 0 Å². The monoisotopic (exact) mass is 374 g/mol. The molecule has 1 fully saturated rings. The smallest absolute Gasteiger partial charge is 0.191 e. The Labute approximate surface area is 160 Å². The molecule has 0 spiro atoms. The zero-order valence-corrected chi connectivity index (χ0v) is 16.4. The third kappa shape index (κ3) is 6.18. The van der Waals surface area contributed by atoms with Crippen molar-refractivity contribution < 1.29 is 4.42 Å². The van der Waals surface area contributed by atoms with Crippen LogP contribution in [0.5, 0.6) is 0 Å². The third-order valence-electron chi connectivity index (χ3n) is 4.69. The number of furan rings is 1. The lowest BCUT2D eigenvalue weighted by Crippen LogP contribution is -2.49. The molecule has 0 unspecified atom stereocenters. The molecule has 0 radical (unpaired) electrons. The minimum Gasteiger partial charge on any atom is -0.469 e. The van der Waals surface area contributed by atoms with Crippen molar-refractivity contribution in [2.75, 3.05) is 26.2 Å². The zero-order chi connectivity index (χ0) is 18.0. The minimum atomic E-state index is 0.501. The highest BCUT2D eigenvalue weighted by molar-refractivity contribution is 7.09. The fraction of sp³-hybridized carbons (Fsp3) is 0.550. The van der Waals surface area contributed by atoms with Crippen molar-refractivity contribution in [1.29, 1.82) is 0 Å². The van der Waals surface area contributed by atoms with E-state index in [9.17, 15) is 0 Å². The van der Waals surface area contributed by atoms with E-state index in [1.807, 2.05) is 12.1 Å². The van der Waals surface area contributed by atoms with Gasteiger partial charge in [0.25, 0.3) is 0 Å². The quantitative estimate of drug-likeness (QED) is 0.549. The molecule has 0 atom stereocenters. The summed E-state index contributed by atoms with van der Waals surface area (Å²) < 4.78 is 5.41. The van der Waals surface area contributed by atoms with E-state index in [2.05, 4.69) is 40.0 Å². The van der Waals surface area contributed by atoms with Crippen LogP contribution in [-0.4, -0.2) is 43.1 Å². The molecule has 0 amide bonds. The Bertz CT molecular complexity index is 631. The molecule has 2 N–H and O–H groups in total. The van der Waals surface area contributed by atoms with Gasteiger partial charge in [-0.05, 0) is 49.4 Å². The first-order chi connectivity index (χ1) is 12.8. The van der Waals surface area contributed by atoms with Crippen LogP contribution in [0.3, 0.4) is 0 Å². The summed E-state index contributed by atoms with van der Waals surface area (Å²) in [5.41, 5.74) is 0. The average molecular weight is 375 g/mol. The van der Waals surface area contributed by atoms with Crippen molar-refractivity contribution in [2.24, 2.45) is 4.99 Å². The Kier molecular flexibility index (Phi) is 7.58. The summed E-state index contributed by atoms with van der Waals surface area (Å²) in [6, 6.07) is 8.67. The first-order valence-corrected chi connectivity index (χ1v) is 10.5. The van der Waals surface area contributed by atoms with Crippen molar-refractivity contribution in [3.8, 4) is 0 Å². The van der Waals surface area contributed by atoms with Gasteiger partial charge in [-0.3, -0.25) is 0 Å². The summed E-state index contributed by atoms with van der Waals surface area (Å²) in [5, 5.41) is 9.22. The summed E-state index contributed by atoms with van der Waals surface area (Å²) in [6.07, 6.45) is 6.18. The molecular formula is C20H30N4OS. The second-order valence-corrected chi connectivity index (χ2v) is 7.79. The lowest BCUT2D eigenvalue weighted by molar-refractivity contribution is 0.206. The van der Waals surface area contributed by atoms with Gasteiger partial charge in [0.2, 0.25) is 0 Å². The van der Waals surface area contributed by atoms with Gasteiger partial charge in [0.05, 0.1) is 12.8 Å². The van der Waals surface area contributed by atoms with Crippen LogP contribution in [0, 0.1) is 0 Å². The number of hydrogen-bond donors (Lipinski definition) is 2. The highest BCUT2D eigenvalue weighted by Crippen LogP contribution is 2.12. The summed E-state index contributed by atoms with van der Waals surface area (Å²) in [4.78, 5) is 8.64. The van der Waals surface area contributed by atoms with Gasteiger partial charge >= 0.3 is 0 Å². The Morgan fingerprint density at radius 3 is 2.88 bits per heavy atom. The van der Waals surface area contributed by atoms with Gasteiger partial charge in [-0.1, -0.05) is 13.0 Å². The van der Waals surface area contributed by atoms with Crippen molar-refractivity contribution in [3.63, 3.8) is 0 Å². The molecule has 1 saturated heterocycles. The van der Waals surface area contributed by atoms with Gasteiger partial charge in [0.1, 0.15) is 5.76 Å². The number of nitrogens with one attached hydrogen (secondary N) is 2. The van der Waals surface area contributed by atoms with Crippen LogP contribution in [0.1, 0.15) is 36.8 Å². The zero-order valence-electron chi connectivity index (χ0n) is 15.6. The molecule has 0 saturated carbocycles. The topological polar surface area (TPSA) is 52.8 Å². The van der Waals surface area contributed by atoms with Crippen LogP contribution in [0.4, 0.5) is 0 Å². The van der Waals surface area contributed by atoms with E-state index < -0.39 is 0 Å². The van der Waals surface area contributed by atoms with E-state index in [-0.39, 0.29) is 0 Å². The van der Waals surface area contributed by atoms with Crippen LogP contribution >= 0.6 is 11.3 Å². The summed E-state index contributed by atoms with van der Waals surface area (Å²) in [7, 11) is 0. The number of hydrogen-bond acceptors (Lipinski definition) is 4. The molecule has 3 rings (SSSR count). The Morgan fingerprint density at radius 1 is 1.31 bits per heavy atom. The average Bonchev–Trinajstić information content (AvgIpc) is 3.35. The summed E-state index contributed by atoms with van der Waals surface area (Å²) in [5.74, 6) is 1.92. The minimum absolute atomic E-state index is 0.501. The SMILES string of the molecule is CCCN1CCC(NC(=NCc2cccs2)NCCc2ccco2)CC1. The number of rotatable bonds is 8. The first kappa shape index (κ1) is 19.0. The molecule has 3 heterocycles. The maximum absolute atomic E-state index is 5.41. The molecule has 2 aromatic rings. The van der Waals surface area contributed by atoms with Crippen LogP contribution in [-0.2, 0) is 13.0 Å². The molecule has 1 aliphatic rings. The van der Waals surface area contributed by atoms with Gasteiger partial charge in [0.15, 0.2) is 5.96 Å². The van der Waals surface area contributed by atoms with Gasteiger partial charge in [-0.15, -0.1) is 11.3 Å². The molecule has 6 heteroatoms. The Hall–Kier alpha value is -1.79. The van der Waals surface area contributed by atoms with Gasteiger partial charge in [-0.25, -0.2) is 4.99 Å². The van der Waals surface area contributed by atoms with Crippen molar-refractivity contribution in [2.45, 2.75) is 45.2 Å². The first-order valence-electron chi connectivity index (χ1n) is 9.65. The summed E-state index contributed by atoms with van der Waals surface area (Å²) in [6.45, 7) is 7.36. The molecule has 142 valence electrons. The highest BCUT2D eigenvalue weighted by atomic mass is 32.1. The van der Waals surface area contributed by atoms with Crippen molar-refractivity contribution >= 4 is 17.3 Å². The maximum Gasteiger partial charge on any atom is 0.191 e. The Balaban J connectivity index is 1.51. The van der Waals surface area contributed by atoms with E-state index >= 15 is 0 Å². The van der Waals surface area contributed by atoms with Crippen LogP contribution < -0.4 is 10.6 Å². The van der Waals surface area contributed by atoms with Crippen molar-refractivity contribution in [1.82, 2.24) is 15.5 Å². The fourth-order valence-electron chi connectivity index (χ4n) is 3.28. The van der Waals surface area contributed by atoms with E-state index in [0.29, 0.717) is 6.04 Å². The third-order valence-corrected chi connectivity index (χ3v) is 5.55. The van der Waals surface area contributed by atoms with E-state index in [1.54, 1.807) is 17.6 Å². The summed E-state index contributed by atoms with van der Waals surface area (Å²) >= 11 is 1.75. The van der Waals surface area contributed by atoms with Crippen LogP contribution in [0.25, 0.3) is 0 Å². The number of aliphatic imine (C=N–C) groups is 1. The predicted molar refractivity (Wildman–Crippen MR) is 109 cm³/mol. The van der Waals surface area contributed by atoms with E-state index in [0.717, 1.165) is 31.2 Å². The molecule has 0 aliphatic carbocycles. The molecule has 2 aromatic heterocycles. The standard InChI is InChI=1S/C20H30N4OS/c1-2-11-24-12-8-17(9-13-24)23-20(22-16-19-6-4-15-26-19)21-10-7-18-5-3-14-25-18/h3-6,14-15,17H,2,7-13,16H2,1H3,(H2,21,22,23). The largest absolute Gasteiger partial charge is 0.469 e. The number of likely N-dealkylation sites (tertiary alicyclic amines) is 1. The molecule has 0 aromatic carbocycles. The number of guanidine groups is 1. The van der Waals surface area contributed by atoms with E-state index in [4.69, 9.17) is 9.41 Å². The molecule has 0 bridgehead atoms. The van der Waals surface area contributed by atoms with E-state index in [1.165, 1.54) is 43.8 Å². The predicted octanol–water partition coefficient (Wildman–Crippen LogP) is 3.49. The van der Waals surface area contributed by atoms with Crippen molar-refractivity contribution in [3.05, 3.63) is 46.5 Å². The molecule has 26 heavy (non-hydrogen) atoms. The second kappa shape index (κ2) is 10.4.